The number of methoxy groups -OCH3 is 1. The molecule has 0 aliphatic heterocycles. The summed E-state index contributed by atoms with van der Waals surface area (Å²) in [4.78, 5) is 28.4. The van der Waals surface area contributed by atoms with Crippen LogP contribution in [-0.4, -0.2) is 24.0 Å². The number of ether oxygens (including phenoxy) is 1. The highest BCUT2D eigenvalue weighted by Gasteiger charge is 2.30. The van der Waals surface area contributed by atoms with Crippen LogP contribution in [0.4, 0.5) is 18.9 Å². The van der Waals surface area contributed by atoms with Crippen molar-refractivity contribution in [2.24, 2.45) is 0 Å². The molecule has 0 saturated carbocycles. The lowest BCUT2D eigenvalue weighted by Crippen LogP contribution is -2.16. The molecule has 1 N–H and O–H groups in total. The highest BCUT2D eigenvalue weighted by molar-refractivity contribution is 7.13. The van der Waals surface area contributed by atoms with Crippen molar-refractivity contribution in [3.63, 3.8) is 0 Å². The first-order valence-electron chi connectivity index (χ1n) is 8.78. The number of thiazole rings is 1. The SMILES string of the molecule is COC(=O)c1ccc(C)c(NC(=O)Cc2csc(-c3ccc(C(F)(F)F)cc3)n2)c1. The Balaban J connectivity index is 1.69. The maximum absolute atomic E-state index is 12.7. The minimum Gasteiger partial charge on any atom is -0.465 e. The van der Waals surface area contributed by atoms with Gasteiger partial charge in [0, 0.05) is 16.6 Å². The van der Waals surface area contributed by atoms with Crippen molar-refractivity contribution in [1.82, 2.24) is 4.98 Å². The van der Waals surface area contributed by atoms with Gasteiger partial charge in [-0.1, -0.05) is 18.2 Å². The van der Waals surface area contributed by atoms with Crippen LogP contribution >= 0.6 is 11.3 Å². The first-order valence-corrected chi connectivity index (χ1v) is 9.66. The third kappa shape index (κ3) is 5.04. The zero-order chi connectivity index (χ0) is 21.9. The molecule has 1 amide bonds. The number of amides is 1. The van der Waals surface area contributed by atoms with Crippen LogP contribution in [0.15, 0.2) is 47.8 Å². The number of benzene rings is 2. The van der Waals surface area contributed by atoms with Crippen molar-refractivity contribution in [2.45, 2.75) is 19.5 Å². The van der Waals surface area contributed by atoms with Crippen LogP contribution in [0, 0.1) is 6.92 Å². The van der Waals surface area contributed by atoms with Crippen LogP contribution in [0.25, 0.3) is 10.6 Å². The Labute approximate surface area is 174 Å². The molecule has 0 aliphatic rings. The number of carbonyl (C=O) groups excluding carboxylic acids is 2. The van der Waals surface area contributed by atoms with Crippen LogP contribution in [-0.2, 0) is 22.1 Å². The molecule has 3 aromatic rings. The van der Waals surface area contributed by atoms with E-state index in [1.807, 2.05) is 0 Å². The van der Waals surface area contributed by atoms with Gasteiger partial charge in [-0.15, -0.1) is 11.3 Å². The second-order valence-electron chi connectivity index (χ2n) is 6.47. The van der Waals surface area contributed by atoms with Gasteiger partial charge in [0.05, 0.1) is 30.4 Å². The molecule has 1 heterocycles. The zero-order valence-corrected chi connectivity index (χ0v) is 16.9. The summed E-state index contributed by atoms with van der Waals surface area (Å²) in [6.45, 7) is 1.79. The van der Waals surface area contributed by atoms with Gasteiger partial charge in [-0.25, -0.2) is 9.78 Å². The highest BCUT2D eigenvalue weighted by Crippen LogP contribution is 2.31. The van der Waals surface area contributed by atoms with Crippen molar-refractivity contribution in [2.75, 3.05) is 12.4 Å². The Bertz CT molecular complexity index is 1080. The number of alkyl halides is 3. The second-order valence-corrected chi connectivity index (χ2v) is 7.32. The molecule has 0 atom stereocenters. The van der Waals surface area contributed by atoms with Gasteiger partial charge in [-0.05, 0) is 36.8 Å². The Morgan fingerprint density at radius 1 is 1.13 bits per heavy atom. The number of nitrogens with zero attached hydrogens (tertiary/aromatic N) is 1. The van der Waals surface area contributed by atoms with Crippen molar-refractivity contribution < 1.29 is 27.5 Å². The summed E-state index contributed by atoms with van der Waals surface area (Å²) in [6.07, 6.45) is -4.41. The summed E-state index contributed by atoms with van der Waals surface area (Å²) in [5.41, 5.74) is 1.89. The molecule has 0 spiro atoms. The van der Waals surface area contributed by atoms with E-state index in [2.05, 4.69) is 15.0 Å². The maximum atomic E-state index is 12.7. The fourth-order valence-electron chi connectivity index (χ4n) is 2.68. The van der Waals surface area contributed by atoms with Crippen LogP contribution in [0.2, 0.25) is 0 Å². The smallest absolute Gasteiger partial charge is 0.416 e. The monoisotopic (exact) mass is 434 g/mol. The van der Waals surface area contributed by atoms with Crippen molar-refractivity contribution in [1.29, 1.82) is 0 Å². The number of carbonyl (C=O) groups is 2. The second kappa shape index (κ2) is 8.66. The Morgan fingerprint density at radius 3 is 2.47 bits per heavy atom. The lowest BCUT2D eigenvalue weighted by atomic mass is 10.1. The van der Waals surface area contributed by atoms with Gasteiger partial charge >= 0.3 is 12.1 Å². The summed E-state index contributed by atoms with van der Waals surface area (Å²) in [5.74, 6) is -0.837. The Morgan fingerprint density at radius 2 is 1.83 bits per heavy atom. The number of rotatable bonds is 5. The van der Waals surface area contributed by atoms with E-state index in [0.29, 0.717) is 27.5 Å². The van der Waals surface area contributed by atoms with Crippen LogP contribution in [0.1, 0.15) is 27.2 Å². The molecule has 9 heteroatoms. The zero-order valence-electron chi connectivity index (χ0n) is 16.0. The first kappa shape index (κ1) is 21.5. The van der Waals surface area contributed by atoms with E-state index in [4.69, 9.17) is 0 Å². The number of anilines is 1. The Kier molecular flexibility index (Phi) is 6.21. The van der Waals surface area contributed by atoms with E-state index in [1.165, 1.54) is 36.6 Å². The van der Waals surface area contributed by atoms with E-state index in [0.717, 1.165) is 17.7 Å². The van der Waals surface area contributed by atoms with Crippen molar-refractivity contribution in [3.8, 4) is 10.6 Å². The van der Waals surface area contributed by atoms with E-state index in [1.54, 1.807) is 24.4 Å². The van der Waals surface area contributed by atoms with E-state index in [9.17, 15) is 22.8 Å². The van der Waals surface area contributed by atoms with Crippen LogP contribution in [0.3, 0.4) is 0 Å². The molecule has 0 bridgehead atoms. The fourth-order valence-corrected chi connectivity index (χ4v) is 3.51. The van der Waals surface area contributed by atoms with Gasteiger partial charge in [-0.3, -0.25) is 4.79 Å². The highest BCUT2D eigenvalue weighted by atomic mass is 32.1. The summed E-state index contributed by atoms with van der Waals surface area (Å²) in [6, 6.07) is 9.55. The number of aromatic nitrogens is 1. The molecule has 0 radical (unpaired) electrons. The largest absolute Gasteiger partial charge is 0.465 e. The molecule has 30 heavy (non-hydrogen) atoms. The predicted molar refractivity (Wildman–Crippen MR) is 107 cm³/mol. The number of hydrogen-bond acceptors (Lipinski definition) is 5. The molecule has 0 aliphatic carbocycles. The van der Waals surface area contributed by atoms with Gasteiger partial charge < -0.3 is 10.1 Å². The average molecular weight is 434 g/mol. The number of nitrogens with one attached hydrogen (secondary N) is 1. The topological polar surface area (TPSA) is 68.3 Å². The third-order valence-corrected chi connectivity index (χ3v) is 5.23. The molecule has 0 fully saturated rings. The maximum Gasteiger partial charge on any atom is 0.416 e. The quantitative estimate of drug-likeness (QED) is 0.567. The van der Waals surface area contributed by atoms with Crippen molar-refractivity contribution >= 4 is 28.9 Å². The number of aryl methyl sites for hydroxylation is 1. The molecule has 156 valence electrons. The third-order valence-electron chi connectivity index (χ3n) is 4.29. The molecule has 3 rings (SSSR count). The summed E-state index contributed by atoms with van der Waals surface area (Å²) in [7, 11) is 1.27. The van der Waals surface area contributed by atoms with Gasteiger partial charge in [-0.2, -0.15) is 13.2 Å². The Hall–Kier alpha value is -3.20. The molecular weight excluding hydrogens is 417 g/mol. The van der Waals surface area contributed by atoms with Gasteiger partial charge in [0.1, 0.15) is 5.01 Å². The van der Waals surface area contributed by atoms with Gasteiger partial charge in [0.15, 0.2) is 0 Å². The molecule has 0 unspecified atom stereocenters. The standard InChI is InChI=1S/C21H17F3N2O3S/c1-12-3-4-14(20(28)29-2)9-17(12)26-18(27)10-16-11-30-19(25-16)13-5-7-15(8-6-13)21(22,23)24/h3-9,11H,10H2,1-2H3,(H,26,27). The minimum atomic E-state index is -4.39. The predicted octanol–water partition coefficient (Wildman–Crippen LogP) is 5.11. The van der Waals surface area contributed by atoms with Crippen molar-refractivity contribution in [3.05, 3.63) is 70.2 Å². The fraction of sp³-hybridized carbons (Fsp3) is 0.190. The summed E-state index contributed by atoms with van der Waals surface area (Å²) < 4.78 is 42.7. The lowest BCUT2D eigenvalue weighted by molar-refractivity contribution is -0.137. The molecule has 1 aromatic heterocycles. The molecule has 2 aromatic carbocycles. The summed E-state index contributed by atoms with van der Waals surface area (Å²) >= 11 is 1.24. The number of halogens is 3. The first-order chi connectivity index (χ1) is 14.2. The number of hydrogen-bond donors (Lipinski definition) is 1. The van der Waals surface area contributed by atoms with E-state index in [-0.39, 0.29) is 12.3 Å². The molecular formula is C21H17F3N2O3S. The van der Waals surface area contributed by atoms with Gasteiger partial charge in [0.2, 0.25) is 5.91 Å². The van der Waals surface area contributed by atoms with Gasteiger partial charge in [0.25, 0.3) is 0 Å². The molecule has 5 nitrogen and oxygen atoms in total. The van der Waals surface area contributed by atoms with E-state index >= 15 is 0 Å². The van der Waals surface area contributed by atoms with E-state index < -0.39 is 17.7 Å². The van der Waals surface area contributed by atoms with Crippen LogP contribution < -0.4 is 5.32 Å². The average Bonchev–Trinajstić information content (AvgIpc) is 3.16. The summed E-state index contributed by atoms with van der Waals surface area (Å²) in [5, 5.41) is 4.95. The minimum absolute atomic E-state index is 0.0149. The lowest BCUT2D eigenvalue weighted by Gasteiger charge is -2.09. The normalized spacial score (nSPS) is 11.2. The van der Waals surface area contributed by atoms with Crippen LogP contribution in [0.5, 0.6) is 0 Å². The molecule has 0 saturated heterocycles. The number of esters is 1.